The van der Waals surface area contributed by atoms with E-state index in [1.807, 2.05) is 56.3 Å². The van der Waals surface area contributed by atoms with Crippen molar-refractivity contribution < 1.29 is 14.0 Å². The number of unbranched alkanes of at least 4 members (excludes halogenated alkanes) is 1. The summed E-state index contributed by atoms with van der Waals surface area (Å²) in [6.07, 6.45) is 3.86. The van der Waals surface area contributed by atoms with Gasteiger partial charge in [-0.2, -0.15) is 0 Å². The number of hydrogen-bond acceptors (Lipinski definition) is 5. The third-order valence-electron chi connectivity index (χ3n) is 4.23. The summed E-state index contributed by atoms with van der Waals surface area (Å²) in [5, 5.41) is 6.72. The molecular weight excluding hydrogens is 390 g/mol. The fourth-order valence-electron chi connectivity index (χ4n) is 2.53. The Morgan fingerprint density at radius 1 is 1.03 bits per heavy atom. The van der Waals surface area contributed by atoms with Crippen molar-refractivity contribution in [3.8, 4) is 0 Å². The van der Waals surface area contributed by atoms with Crippen molar-refractivity contribution in [3.05, 3.63) is 59.9 Å². The van der Waals surface area contributed by atoms with E-state index in [1.54, 1.807) is 6.07 Å². The fourth-order valence-corrected chi connectivity index (χ4v) is 2.53. The fraction of sp³-hybridized carbons (Fsp3) is 0.360. The molecular formula is C25H35N3O3. The molecule has 0 saturated heterocycles. The number of aldehydes is 1. The standard InChI is InChI=1S/C16H14N2O2.C5H13N.C4H8O/c1-10-6-8-11(9-7-10)18-16(19)15-14(17)12-4-2-3-5-13(12)20-15;1-3-5-6-4-2;1-2-3-4-5/h2-9H,17H2,1H3,(H,18,19);6H,3-5H2,1-2H3;4H,2-3H2,1H3. The van der Waals surface area contributed by atoms with E-state index < -0.39 is 0 Å². The van der Waals surface area contributed by atoms with Crippen LogP contribution in [0.3, 0.4) is 0 Å². The van der Waals surface area contributed by atoms with E-state index in [4.69, 9.17) is 10.2 Å². The van der Waals surface area contributed by atoms with Crippen LogP contribution in [0.4, 0.5) is 11.4 Å². The first-order chi connectivity index (χ1) is 15.0. The van der Waals surface area contributed by atoms with Gasteiger partial charge in [-0.3, -0.25) is 4.79 Å². The van der Waals surface area contributed by atoms with Crippen molar-refractivity contribution in [2.24, 2.45) is 0 Å². The van der Waals surface area contributed by atoms with Crippen molar-refractivity contribution in [1.29, 1.82) is 0 Å². The van der Waals surface area contributed by atoms with Crippen LogP contribution in [0.5, 0.6) is 0 Å². The van der Waals surface area contributed by atoms with Gasteiger partial charge in [-0.15, -0.1) is 0 Å². The summed E-state index contributed by atoms with van der Waals surface area (Å²) in [6.45, 7) is 10.5. The first-order valence-corrected chi connectivity index (χ1v) is 10.8. The molecule has 0 aliphatic carbocycles. The van der Waals surface area contributed by atoms with Crippen molar-refractivity contribution in [1.82, 2.24) is 5.32 Å². The normalized spacial score (nSPS) is 9.81. The maximum absolute atomic E-state index is 12.2. The van der Waals surface area contributed by atoms with Crippen molar-refractivity contribution in [3.63, 3.8) is 0 Å². The van der Waals surface area contributed by atoms with Crippen molar-refractivity contribution >= 4 is 34.5 Å². The van der Waals surface area contributed by atoms with E-state index in [0.717, 1.165) is 36.7 Å². The Labute approximate surface area is 185 Å². The molecule has 4 N–H and O–H groups in total. The lowest BCUT2D eigenvalue weighted by Crippen LogP contribution is -2.12. The molecule has 6 heteroatoms. The minimum absolute atomic E-state index is 0.145. The zero-order chi connectivity index (χ0) is 23.1. The lowest BCUT2D eigenvalue weighted by atomic mass is 10.2. The Morgan fingerprint density at radius 2 is 1.71 bits per heavy atom. The lowest BCUT2D eigenvalue weighted by molar-refractivity contribution is -0.107. The molecule has 0 aliphatic heterocycles. The quantitative estimate of drug-likeness (QED) is 0.340. The van der Waals surface area contributed by atoms with E-state index >= 15 is 0 Å². The maximum Gasteiger partial charge on any atom is 0.293 e. The van der Waals surface area contributed by atoms with Crippen LogP contribution in [0, 0.1) is 6.92 Å². The maximum atomic E-state index is 12.2. The lowest BCUT2D eigenvalue weighted by Gasteiger charge is -2.03. The summed E-state index contributed by atoms with van der Waals surface area (Å²) < 4.78 is 5.52. The van der Waals surface area contributed by atoms with Gasteiger partial charge in [-0.1, -0.05) is 50.6 Å². The van der Waals surface area contributed by atoms with Gasteiger partial charge in [0.15, 0.2) is 0 Å². The number of benzene rings is 2. The second kappa shape index (κ2) is 14.8. The average molecular weight is 426 g/mol. The Kier molecular flexibility index (Phi) is 12.4. The summed E-state index contributed by atoms with van der Waals surface area (Å²) in [4.78, 5) is 21.6. The molecule has 31 heavy (non-hydrogen) atoms. The van der Waals surface area contributed by atoms with Gasteiger partial charge in [0.1, 0.15) is 11.9 Å². The summed E-state index contributed by atoms with van der Waals surface area (Å²) >= 11 is 0. The molecule has 6 nitrogen and oxygen atoms in total. The third kappa shape index (κ3) is 9.05. The summed E-state index contributed by atoms with van der Waals surface area (Å²) in [5.74, 6) is -0.200. The molecule has 0 atom stereocenters. The van der Waals surface area contributed by atoms with Crippen LogP contribution in [0.1, 0.15) is 56.2 Å². The van der Waals surface area contributed by atoms with Crippen LogP contribution in [0.2, 0.25) is 0 Å². The summed E-state index contributed by atoms with van der Waals surface area (Å²) in [6, 6.07) is 14.8. The van der Waals surface area contributed by atoms with Gasteiger partial charge in [0.2, 0.25) is 5.76 Å². The molecule has 3 aromatic rings. The predicted octanol–water partition coefficient (Wildman–Crippen LogP) is 5.57. The topological polar surface area (TPSA) is 97.4 Å². The number of nitrogen functional groups attached to an aromatic ring is 1. The number of rotatable bonds is 7. The molecule has 0 bridgehead atoms. The molecule has 1 aromatic heterocycles. The van der Waals surface area contributed by atoms with E-state index in [1.165, 1.54) is 6.42 Å². The van der Waals surface area contributed by atoms with Crippen LogP contribution >= 0.6 is 0 Å². The Balaban J connectivity index is 0.000000365. The number of nitrogens with two attached hydrogens (primary N) is 1. The van der Waals surface area contributed by atoms with Gasteiger partial charge in [-0.25, -0.2) is 0 Å². The van der Waals surface area contributed by atoms with Gasteiger partial charge in [0, 0.05) is 17.5 Å². The Morgan fingerprint density at radius 3 is 2.19 bits per heavy atom. The molecule has 1 heterocycles. The van der Waals surface area contributed by atoms with Crippen LogP contribution in [0.15, 0.2) is 52.9 Å². The molecule has 3 rings (SSSR count). The van der Waals surface area contributed by atoms with E-state index in [-0.39, 0.29) is 11.7 Å². The highest BCUT2D eigenvalue weighted by molar-refractivity contribution is 6.10. The first kappa shape index (κ1) is 25.9. The number of nitrogens with one attached hydrogen (secondary N) is 2. The number of fused-ring (bicyclic) bond motifs is 1. The molecule has 168 valence electrons. The number of anilines is 2. The van der Waals surface area contributed by atoms with Crippen molar-refractivity contribution in [2.45, 2.75) is 47.0 Å². The largest absolute Gasteiger partial charge is 0.449 e. The van der Waals surface area contributed by atoms with Crippen molar-refractivity contribution in [2.75, 3.05) is 24.1 Å². The van der Waals surface area contributed by atoms with Crippen LogP contribution < -0.4 is 16.4 Å². The van der Waals surface area contributed by atoms with Gasteiger partial charge < -0.3 is 25.6 Å². The van der Waals surface area contributed by atoms with E-state index in [2.05, 4.69) is 24.5 Å². The highest BCUT2D eigenvalue weighted by Crippen LogP contribution is 2.28. The molecule has 0 aliphatic rings. The van der Waals surface area contributed by atoms with Gasteiger partial charge >= 0.3 is 0 Å². The molecule has 0 spiro atoms. The summed E-state index contributed by atoms with van der Waals surface area (Å²) in [5.41, 5.74) is 8.78. The zero-order valence-electron chi connectivity index (χ0n) is 19.0. The average Bonchev–Trinajstić information content (AvgIpc) is 3.12. The monoisotopic (exact) mass is 425 g/mol. The SMILES string of the molecule is CCCC=O.CCCNCC.Cc1ccc(NC(=O)c2oc3ccccc3c2N)cc1. The second-order valence-electron chi connectivity index (χ2n) is 6.97. The molecule has 2 aromatic carbocycles. The summed E-state index contributed by atoms with van der Waals surface area (Å²) in [7, 11) is 0. The van der Waals surface area contributed by atoms with Gasteiger partial charge in [0.25, 0.3) is 5.91 Å². The second-order valence-corrected chi connectivity index (χ2v) is 6.97. The van der Waals surface area contributed by atoms with E-state index in [0.29, 0.717) is 23.4 Å². The number of hydrogen-bond donors (Lipinski definition) is 3. The Bertz CT molecular complexity index is 913. The number of furan rings is 1. The number of carbonyl (C=O) groups excluding carboxylic acids is 2. The van der Waals surface area contributed by atoms with Gasteiger partial charge in [-0.05, 0) is 57.1 Å². The van der Waals surface area contributed by atoms with Crippen LogP contribution in [-0.2, 0) is 4.79 Å². The molecule has 0 unspecified atom stereocenters. The van der Waals surface area contributed by atoms with Gasteiger partial charge in [0.05, 0.1) is 5.69 Å². The Hall–Kier alpha value is -3.12. The minimum Gasteiger partial charge on any atom is -0.449 e. The smallest absolute Gasteiger partial charge is 0.293 e. The predicted molar refractivity (Wildman–Crippen MR) is 130 cm³/mol. The first-order valence-electron chi connectivity index (χ1n) is 10.8. The number of amides is 1. The molecule has 0 fully saturated rings. The number of para-hydroxylation sites is 1. The zero-order valence-corrected chi connectivity index (χ0v) is 19.0. The van der Waals surface area contributed by atoms with Crippen LogP contribution in [-0.4, -0.2) is 25.3 Å². The highest BCUT2D eigenvalue weighted by Gasteiger charge is 2.18. The highest BCUT2D eigenvalue weighted by atomic mass is 16.3. The van der Waals surface area contributed by atoms with E-state index in [9.17, 15) is 9.59 Å². The molecule has 1 amide bonds. The molecule has 0 saturated carbocycles. The number of carbonyl (C=O) groups is 2. The molecule has 0 radical (unpaired) electrons. The number of aryl methyl sites for hydroxylation is 1. The minimum atomic E-state index is -0.345. The van der Waals surface area contributed by atoms with Crippen LogP contribution in [0.25, 0.3) is 11.0 Å². The third-order valence-corrected chi connectivity index (χ3v) is 4.23.